The molecule has 0 bridgehead atoms. The Morgan fingerprint density at radius 2 is 1.71 bits per heavy atom. The number of carbonyl (C=O) groups excluding carboxylic acids is 1. The zero-order valence-corrected chi connectivity index (χ0v) is 19.5. The van der Waals surface area contributed by atoms with Crippen LogP contribution in [0.15, 0.2) is 54.6 Å². The van der Waals surface area contributed by atoms with Crippen LogP contribution < -0.4 is 0 Å². The normalized spacial score (nSPS) is 12.2. The fourth-order valence-electron chi connectivity index (χ4n) is 3.23. The Morgan fingerprint density at radius 1 is 1.03 bits per heavy atom. The van der Waals surface area contributed by atoms with E-state index in [1.165, 1.54) is 35.6 Å². The summed E-state index contributed by atoms with van der Waals surface area (Å²) >= 11 is 1.31. The van der Waals surface area contributed by atoms with E-state index in [4.69, 9.17) is 5.11 Å². The van der Waals surface area contributed by atoms with Gasteiger partial charge in [0.05, 0.1) is 16.1 Å². The molecule has 0 fully saturated rings. The molecule has 4 nitrogen and oxygen atoms in total. The molecule has 1 N–H and O–H groups in total. The van der Waals surface area contributed by atoms with Gasteiger partial charge in [-0.05, 0) is 60.4 Å². The van der Waals surface area contributed by atoms with Crippen LogP contribution in [0.5, 0.6) is 0 Å². The number of allylic oxidation sites excluding steroid dienone is 1. The minimum absolute atomic E-state index is 0.0525. The first kappa shape index (κ1) is 25.1. The third-order valence-electron chi connectivity index (χ3n) is 5.03. The Kier molecular flexibility index (Phi) is 7.51. The molecule has 0 amide bonds. The highest BCUT2D eigenvalue weighted by atomic mass is 32.1. The lowest BCUT2D eigenvalue weighted by atomic mass is 10.0. The summed E-state index contributed by atoms with van der Waals surface area (Å²) in [4.78, 5) is 28.8. The summed E-state index contributed by atoms with van der Waals surface area (Å²) in [6.07, 6.45) is 1.22. The molecule has 0 saturated carbocycles. The third kappa shape index (κ3) is 6.08. The van der Waals surface area contributed by atoms with E-state index in [0.29, 0.717) is 21.7 Å². The summed E-state index contributed by atoms with van der Waals surface area (Å²) < 4.78 is 38.5. The lowest BCUT2D eigenvalue weighted by Crippen LogP contribution is -2.03. The fourth-order valence-corrected chi connectivity index (χ4v) is 4.35. The number of halogens is 3. The van der Waals surface area contributed by atoms with Crippen molar-refractivity contribution in [2.24, 2.45) is 0 Å². The van der Waals surface area contributed by atoms with Crippen LogP contribution in [0.4, 0.5) is 13.2 Å². The number of rotatable bonds is 7. The number of ketones is 1. The van der Waals surface area contributed by atoms with Gasteiger partial charge in [-0.1, -0.05) is 38.1 Å². The minimum Gasteiger partial charge on any atom is -0.478 e. The second kappa shape index (κ2) is 10.2. The maximum Gasteiger partial charge on any atom is 0.416 e. The zero-order chi connectivity index (χ0) is 25.0. The van der Waals surface area contributed by atoms with Crippen LogP contribution in [-0.4, -0.2) is 21.8 Å². The van der Waals surface area contributed by atoms with Gasteiger partial charge in [0.2, 0.25) is 0 Å². The fraction of sp³-hybridized carbons (Fsp3) is 0.192. The first-order chi connectivity index (χ1) is 16.0. The first-order valence-electron chi connectivity index (χ1n) is 10.4. The predicted molar refractivity (Wildman–Crippen MR) is 128 cm³/mol. The van der Waals surface area contributed by atoms with E-state index in [2.05, 4.69) is 4.98 Å². The lowest BCUT2D eigenvalue weighted by Gasteiger charge is -2.06. The molecule has 0 atom stereocenters. The van der Waals surface area contributed by atoms with Crippen LogP contribution in [0.2, 0.25) is 0 Å². The van der Waals surface area contributed by atoms with Crippen molar-refractivity contribution in [2.75, 3.05) is 0 Å². The molecule has 0 aliphatic carbocycles. The molecule has 0 saturated heterocycles. The molecule has 0 aliphatic heterocycles. The average molecular weight is 486 g/mol. The van der Waals surface area contributed by atoms with E-state index >= 15 is 0 Å². The molecule has 0 aliphatic rings. The zero-order valence-electron chi connectivity index (χ0n) is 18.7. The number of alkyl halides is 3. The maximum absolute atomic E-state index is 12.8. The van der Waals surface area contributed by atoms with Crippen molar-refractivity contribution in [1.82, 2.24) is 4.98 Å². The highest BCUT2D eigenvalue weighted by Crippen LogP contribution is 2.35. The van der Waals surface area contributed by atoms with Gasteiger partial charge in [-0.3, -0.25) is 4.79 Å². The lowest BCUT2D eigenvalue weighted by molar-refractivity contribution is -0.137. The van der Waals surface area contributed by atoms with Gasteiger partial charge >= 0.3 is 12.1 Å². The van der Waals surface area contributed by atoms with Gasteiger partial charge in [0, 0.05) is 17.2 Å². The number of aromatic nitrogens is 1. The number of carboxylic acids is 1. The molecular formula is C26H22F3NO3S. The smallest absolute Gasteiger partial charge is 0.416 e. The molecule has 8 heteroatoms. The standard InChI is InChI=1S/C26H22F3NO3S/c1-15(2)24-22(34-25(30-24)18-6-9-20(10-7-18)26(27,28)29)12-11-21(31)19-5-4-17(16(3)14-19)8-13-23(32)33/h4-15H,1-3H3,(H,32,33). The summed E-state index contributed by atoms with van der Waals surface area (Å²) in [7, 11) is 0. The van der Waals surface area contributed by atoms with Crippen molar-refractivity contribution in [2.45, 2.75) is 32.9 Å². The molecule has 0 spiro atoms. The summed E-state index contributed by atoms with van der Waals surface area (Å²) in [6.45, 7) is 5.70. The number of carboxylic acid groups (broad SMARTS) is 1. The molecule has 2 aromatic carbocycles. The highest BCUT2D eigenvalue weighted by molar-refractivity contribution is 7.16. The molecule has 1 aromatic heterocycles. The van der Waals surface area contributed by atoms with Gasteiger partial charge in [0.25, 0.3) is 0 Å². The van der Waals surface area contributed by atoms with E-state index in [0.717, 1.165) is 34.3 Å². The third-order valence-corrected chi connectivity index (χ3v) is 6.12. The predicted octanol–water partition coefficient (Wildman–Crippen LogP) is 7.25. The number of hydrogen-bond donors (Lipinski definition) is 1. The van der Waals surface area contributed by atoms with Crippen molar-refractivity contribution < 1.29 is 27.9 Å². The SMILES string of the molecule is Cc1cc(C(=O)C=Cc2sc(-c3ccc(C(F)(F)F)cc3)nc2C(C)C)ccc1C=CC(=O)O. The van der Waals surface area contributed by atoms with E-state index in [9.17, 15) is 22.8 Å². The number of benzene rings is 2. The Bertz CT molecular complexity index is 1270. The van der Waals surface area contributed by atoms with Crippen LogP contribution in [-0.2, 0) is 11.0 Å². The van der Waals surface area contributed by atoms with E-state index in [1.54, 1.807) is 31.2 Å². The number of aliphatic carboxylic acids is 1. The second-order valence-electron chi connectivity index (χ2n) is 7.94. The Labute approximate surface area is 199 Å². The number of aryl methyl sites for hydroxylation is 1. The summed E-state index contributed by atoms with van der Waals surface area (Å²) in [5.41, 5.74) is 2.54. The van der Waals surface area contributed by atoms with Crippen molar-refractivity contribution in [1.29, 1.82) is 0 Å². The summed E-state index contributed by atoms with van der Waals surface area (Å²) in [5, 5.41) is 9.35. The Hall–Kier alpha value is -3.52. The summed E-state index contributed by atoms with van der Waals surface area (Å²) in [5.74, 6) is -1.23. The molecule has 176 valence electrons. The molecule has 3 aromatic rings. The molecular weight excluding hydrogens is 463 g/mol. The van der Waals surface area contributed by atoms with Crippen molar-refractivity contribution in [3.63, 3.8) is 0 Å². The topological polar surface area (TPSA) is 67.3 Å². The number of thiazole rings is 1. The van der Waals surface area contributed by atoms with Crippen LogP contribution in [0.1, 0.15) is 57.4 Å². The molecule has 0 radical (unpaired) electrons. The van der Waals surface area contributed by atoms with Crippen LogP contribution in [0.25, 0.3) is 22.7 Å². The van der Waals surface area contributed by atoms with Gasteiger partial charge in [0.15, 0.2) is 5.78 Å². The van der Waals surface area contributed by atoms with Gasteiger partial charge in [0.1, 0.15) is 5.01 Å². The second-order valence-corrected chi connectivity index (χ2v) is 8.97. The number of carbonyl (C=O) groups is 2. The van der Waals surface area contributed by atoms with Gasteiger partial charge < -0.3 is 5.11 Å². The van der Waals surface area contributed by atoms with Crippen molar-refractivity contribution >= 4 is 35.2 Å². The van der Waals surface area contributed by atoms with Gasteiger partial charge in [-0.2, -0.15) is 13.2 Å². The quantitative estimate of drug-likeness (QED) is 0.283. The monoisotopic (exact) mass is 485 g/mol. The molecule has 3 rings (SSSR count). The average Bonchev–Trinajstić information content (AvgIpc) is 3.20. The van der Waals surface area contributed by atoms with Crippen LogP contribution in [0, 0.1) is 6.92 Å². The van der Waals surface area contributed by atoms with Gasteiger partial charge in [-0.15, -0.1) is 11.3 Å². The number of hydrogen-bond acceptors (Lipinski definition) is 4. The maximum atomic E-state index is 12.8. The molecule has 1 heterocycles. The van der Waals surface area contributed by atoms with Gasteiger partial charge in [-0.25, -0.2) is 9.78 Å². The highest BCUT2D eigenvalue weighted by Gasteiger charge is 2.30. The van der Waals surface area contributed by atoms with E-state index in [-0.39, 0.29) is 11.7 Å². The Balaban J connectivity index is 1.85. The van der Waals surface area contributed by atoms with Crippen molar-refractivity contribution in [3.8, 4) is 10.6 Å². The van der Waals surface area contributed by atoms with Crippen LogP contribution in [0.3, 0.4) is 0 Å². The minimum atomic E-state index is -4.40. The van der Waals surface area contributed by atoms with Crippen molar-refractivity contribution in [3.05, 3.63) is 87.4 Å². The van der Waals surface area contributed by atoms with E-state index in [1.807, 2.05) is 13.8 Å². The largest absolute Gasteiger partial charge is 0.478 e. The number of nitrogens with zero attached hydrogens (tertiary/aromatic N) is 1. The Morgan fingerprint density at radius 3 is 2.26 bits per heavy atom. The molecule has 34 heavy (non-hydrogen) atoms. The summed E-state index contributed by atoms with van der Waals surface area (Å²) in [6, 6.07) is 9.86. The van der Waals surface area contributed by atoms with Crippen LogP contribution >= 0.6 is 11.3 Å². The molecule has 0 unspecified atom stereocenters. The first-order valence-corrected chi connectivity index (χ1v) is 11.2. The van der Waals surface area contributed by atoms with E-state index < -0.39 is 17.7 Å².